The van der Waals surface area contributed by atoms with Crippen LogP contribution < -0.4 is 11.5 Å². The molecule has 120 valence electrons. The van der Waals surface area contributed by atoms with E-state index in [4.69, 9.17) is 11.5 Å². The summed E-state index contributed by atoms with van der Waals surface area (Å²) in [7, 11) is 0. The molecule has 1 fully saturated rings. The van der Waals surface area contributed by atoms with Crippen LogP contribution in [0.5, 0.6) is 0 Å². The molecule has 0 aromatic heterocycles. The molecule has 2 aromatic carbocycles. The van der Waals surface area contributed by atoms with E-state index in [2.05, 4.69) is 37.8 Å². The Morgan fingerprint density at radius 1 is 1.04 bits per heavy atom. The van der Waals surface area contributed by atoms with E-state index in [9.17, 15) is 0 Å². The monoisotopic (exact) mass is 306 g/mol. The van der Waals surface area contributed by atoms with Gasteiger partial charge in [0.2, 0.25) is 0 Å². The Morgan fingerprint density at radius 2 is 1.61 bits per heavy atom. The van der Waals surface area contributed by atoms with Crippen LogP contribution in [-0.2, 0) is 5.41 Å². The zero-order chi connectivity index (χ0) is 16.4. The van der Waals surface area contributed by atoms with Gasteiger partial charge in [-0.15, -0.1) is 0 Å². The predicted octanol–water partition coefficient (Wildman–Crippen LogP) is 4.90. The van der Waals surface area contributed by atoms with Gasteiger partial charge in [-0.1, -0.05) is 49.8 Å². The van der Waals surface area contributed by atoms with E-state index in [-0.39, 0.29) is 5.41 Å². The second kappa shape index (κ2) is 6.11. The van der Waals surface area contributed by atoms with E-state index < -0.39 is 0 Å². The molecule has 1 aliphatic rings. The van der Waals surface area contributed by atoms with Crippen LogP contribution in [0.15, 0.2) is 60.7 Å². The second-order valence-electron chi connectivity index (χ2n) is 6.78. The molecule has 0 heterocycles. The minimum absolute atomic E-state index is 0.170. The molecule has 0 radical (unpaired) electrons. The lowest BCUT2D eigenvalue weighted by Crippen LogP contribution is -2.35. The summed E-state index contributed by atoms with van der Waals surface area (Å²) in [5, 5.41) is 0. The summed E-state index contributed by atoms with van der Waals surface area (Å²) in [5.41, 5.74) is 17.3. The van der Waals surface area contributed by atoms with Crippen LogP contribution >= 0.6 is 0 Å². The molecule has 0 bridgehead atoms. The highest BCUT2D eigenvalue weighted by Gasteiger charge is 2.41. The molecule has 2 nitrogen and oxygen atoms in total. The van der Waals surface area contributed by atoms with Crippen molar-refractivity contribution in [3.8, 4) is 0 Å². The normalized spacial score (nSPS) is 20.4. The van der Waals surface area contributed by atoms with Crippen molar-refractivity contribution < 1.29 is 0 Å². The smallest absolute Gasteiger partial charge is 0.0410 e. The van der Waals surface area contributed by atoms with Crippen molar-refractivity contribution in [2.45, 2.75) is 38.0 Å². The SMILES string of the molecule is C=C1CC(CC)CCC1(c1cccc(N)c1)c1cccc(N)c1. The fraction of sp³-hybridized carbons (Fsp3) is 0.333. The molecular weight excluding hydrogens is 280 g/mol. The van der Waals surface area contributed by atoms with Crippen LogP contribution in [0, 0.1) is 5.92 Å². The number of hydrogen-bond acceptors (Lipinski definition) is 2. The molecular formula is C21H26N2. The van der Waals surface area contributed by atoms with E-state index in [1.54, 1.807) is 0 Å². The highest BCUT2D eigenvalue weighted by Crippen LogP contribution is 2.50. The summed E-state index contributed by atoms with van der Waals surface area (Å²) < 4.78 is 0. The van der Waals surface area contributed by atoms with Crippen molar-refractivity contribution in [2.75, 3.05) is 11.5 Å². The Kier molecular flexibility index (Phi) is 4.16. The van der Waals surface area contributed by atoms with E-state index >= 15 is 0 Å². The molecule has 23 heavy (non-hydrogen) atoms. The number of nitrogens with two attached hydrogens (primary N) is 2. The average molecular weight is 306 g/mol. The standard InChI is InChI=1S/C21H26N2/c1-3-16-10-11-21(15(2)12-16,17-6-4-8-19(22)13-17)18-7-5-9-20(23)14-18/h4-9,13-14,16H,2-3,10-12,22-23H2,1H3. The highest BCUT2D eigenvalue weighted by atomic mass is 14.6. The third kappa shape index (κ3) is 2.74. The number of benzene rings is 2. The first-order valence-corrected chi connectivity index (χ1v) is 8.46. The first-order chi connectivity index (χ1) is 11.1. The van der Waals surface area contributed by atoms with Crippen molar-refractivity contribution in [2.24, 2.45) is 5.92 Å². The van der Waals surface area contributed by atoms with Crippen LogP contribution in [0.2, 0.25) is 0 Å². The molecule has 0 amide bonds. The lowest BCUT2D eigenvalue weighted by atomic mass is 9.60. The Balaban J connectivity index is 2.16. The number of allylic oxidation sites excluding steroid dienone is 1. The van der Waals surface area contributed by atoms with Crippen LogP contribution in [0.3, 0.4) is 0 Å². The Hall–Kier alpha value is -2.22. The molecule has 4 N–H and O–H groups in total. The van der Waals surface area contributed by atoms with Crippen molar-refractivity contribution >= 4 is 11.4 Å². The maximum absolute atomic E-state index is 6.08. The second-order valence-corrected chi connectivity index (χ2v) is 6.78. The van der Waals surface area contributed by atoms with Gasteiger partial charge in [-0.05, 0) is 60.6 Å². The molecule has 1 unspecified atom stereocenters. The number of anilines is 2. The molecule has 1 saturated carbocycles. The van der Waals surface area contributed by atoms with Gasteiger partial charge in [-0.3, -0.25) is 0 Å². The van der Waals surface area contributed by atoms with E-state index in [0.29, 0.717) is 0 Å². The fourth-order valence-electron chi connectivity index (χ4n) is 4.04. The Labute approximate surface area is 139 Å². The minimum Gasteiger partial charge on any atom is -0.399 e. The van der Waals surface area contributed by atoms with Crippen molar-refractivity contribution in [3.05, 3.63) is 71.8 Å². The van der Waals surface area contributed by atoms with Gasteiger partial charge in [0.15, 0.2) is 0 Å². The molecule has 2 aromatic rings. The summed E-state index contributed by atoms with van der Waals surface area (Å²) in [6.45, 7) is 6.77. The molecule has 0 spiro atoms. The Bertz CT molecular complexity index is 672. The summed E-state index contributed by atoms with van der Waals surface area (Å²) in [6.07, 6.45) is 4.55. The van der Waals surface area contributed by atoms with Gasteiger partial charge >= 0.3 is 0 Å². The van der Waals surface area contributed by atoms with E-state index in [1.807, 2.05) is 24.3 Å². The number of rotatable bonds is 3. The van der Waals surface area contributed by atoms with Gasteiger partial charge < -0.3 is 11.5 Å². The fourth-order valence-corrected chi connectivity index (χ4v) is 4.04. The quantitative estimate of drug-likeness (QED) is 0.625. The van der Waals surface area contributed by atoms with Gasteiger partial charge in [-0.2, -0.15) is 0 Å². The van der Waals surface area contributed by atoms with Gasteiger partial charge in [0.05, 0.1) is 0 Å². The predicted molar refractivity (Wildman–Crippen MR) is 99.3 cm³/mol. The van der Waals surface area contributed by atoms with E-state index in [1.165, 1.54) is 29.5 Å². The zero-order valence-corrected chi connectivity index (χ0v) is 13.9. The minimum atomic E-state index is -0.170. The lowest BCUT2D eigenvalue weighted by molar-refractivity contribution is 0.335. The number of nitrogen functional groups attached to an aromatic ring is 2. The summed E-state index contributed by atoms with van der Waals surface area (Å²) >= 11 is 0. The highest BCUT2D eigenvalue weighted by molar-refractivity contribution is 5.56. The number of hydrogen-bond donors (Lipinski definition) is 2. The zero-order valence-electron chi connectivity index (χ0n) is 13.9. The van der Waals surface area contributed by atoms with Crippen molar-refractivity contribution in [3.63, 3.8) is 0 Å². The molecule has 1 aliphatic carbocycles. The van der Waals surface area contributed by atoms with Gasteiger partial charge in [0.1, 0.15) is 0 Å². The average Bonchev–Trinajstić information content (AvgIpc) is 2.55. The molecule has 2 heteroatoms. The molecule has 0 saturated heterocycles. The first kappa shape index (κ1) is 15.7. The van der Waals surface area contributed by atoms with Crippen LogP contribution in [0.25, 0.3) is 0 Å². The molecule has 1 atom stereocenters. The largest absolute Gasteiger partial charge is 0.399 e. The van der Waals surface area contributed by atoms with Crippen molar-refractivity contribution in [1.82, 2.24) is 0 Å². The Morgan fingerprint density at radius 3 is 2.04 bits per heavy atom. The van der Waals surface area contributed by atoms with Gasteiger partial charge in [0, 0.05) is 16.8 Å². The lowest BCUT2D eigenvalue weighted by Gasteiger charge is -2.43. The van der Waals surface area contributed by atoms with Crippen LogP contribution in [0.4, 0.5) is 11.4 Å². The topological polar surface area (TPSA) is 52.0 Å². The van der Waals surface area contributed by atoms with Crippen LogP contribution in [0.1, 0.15) is 43.7 Å². The third-order valence-electron chi connectivity index (χ3n) is 5.40. The van der Waals surface area contributed by atoms with E-state index in [0.717, 1.165) is 30.1 Å². The van der Waals surface area contributed by atoms with Gasteiger partial charge in [-0.25, -0.2) is 0 Å². The van der Waals surface area contributed by atoms with Crippen LogP contribution in [-0.4, -0.2) is 0 Å². The maximum Gasteiger partial charge on any atom is 0.0410 e. The maximum atomic E-state index is 6.08. The summed E-state index contributed by atoms with van der Waals surface area (Å²) in [5.74, 6) is 0.734. The van der Waals surface area contributed by atoms with Crippen molar-refractivity contribution in [1.29, 1.82) is 0 Å². The van der Waals surface area contributed by atoms with Gasteiger partial charge in [0.25, 0.3) is 0 Å². The first-order valence-electron chi connectivity index (χ1n) is 8.46. The molecule has 0 aliphatic heterocycles. The summed E-state index contributed by atoms with van der Waals surface area (Å²) in [4.78, 5) is 0. The summed E-state index contributed by atoms with van der Waals surface area (Å²) in [6, 6.07) is 16.5. The third-order valence-corrected chi connectivity index (χ3v) is 5.40. The molecule has 3 rings (SSSR count).